The number of hydrogen-bond donors (Lipinski definition) is 1. The van der Waals surface area contributed by atoms with Crippen molar-refractivity contribution in [1.82, 2.24) is 0 Å². The molecule has 0 aliphatic heterocycles. The van der Waals surface area contributed by atoms with Crippen LogP contribution < -0.4 is 4.74 Å². The Bertz CT molecular complexity index is 366. The van der Waals surface area contributed by atoms with Gasteiger partial charge in [-0.2, -0.15) is 12.6 Å². The topological polar surface area (TPSA) is 9.23 Å². The second-order valence-electron chi connectivity index (χ2n) is 6.28. The number of rotatable bonds is 5. The Morgan fingerprint density at radius 1 is 1.22 bits per heavy atom. The van der Waals surface area contributed by atoms with Gasteiger partial charge in [0.25, 0.3) is 0 Å². The van der Waals surface area contributed by atoms with Crippen LogP contribution in [-0.4, -0.2) is 12.4 Å². The van der Waals surface area contributed by atoms with Crippen LogP contribution in [0.2, 0.25) is 0 Å². The van der Waals surface area contributed by atoms with Gasteiger partial charge < -0.3 is 4.74 Å². The molecule has 0 aromatic heterocycles. The zero-order valence-electron chi connectivity index (χ0n) is 12.2. The fraction of sp³-hybridized carbons (Fsp3) is 0.625. The SMILES string of the molecule is CC(C)c1cccc(OCC(CS)C(C)(C)C)c1. The average Bonchev–Trinajstić information content (AvgIpc) is 2.28. The first-order valence-electron chi connectivity index (χ1n) is 6.68. The number of ether oxygens (including phenoxy) is 1. The first-order chi connectivity index (χ1) is 8.34. The molecule has 1 rings (SSSR count). The molecule has 0 saturated carbocycles. The van der Waals surface area contributed by atoms with Crippen molar-refractivity contribution in [3.63, 3.8) is 0 Å². The molecule has 1 aromatic carbocycles. The molecule has 1 atom stereocenters. The Balaban J connectivity index is 2.65. The van der Waals surface area contributed by atoms with E-state index in [-0.39, 0.29) is 5.41 Å². The summed E-state index contributed by atoms with van der Waals surface area (Å²) in [5.41, 5.74) is 1.56. The van der Waals surface area contributed by atoms with Gasteiger partial charge in [-0.3, -0.25) is 0 Å². The van der Waals surface area contributed by atoms with Crippen LogP contribution in [0.15, 0.2) is 24.3 Å². The summed E-state index contributed by atoms with van der Waals surface area (Å²) >= 11 is 4.43. The lowest BCUT2D eigenvalue weighted by atomic mass is 9.82. The van der Waals surface area contributed by atoms with E-state index < -0.39 is 0 Å². The lowest BCUT2D eigenvalue weighted by Gasteiger charge is -2.29. The van der Waals surface area contributed by atoms with Crippen LogP contribution in [0, 0.1) is 11.3 Å². The first-order valence-corrected chi connectivity index (χ1v) is 7.31. The van der Waals surface area contributed by atoms with Crippen LogP contribution in [0.25, 0.3) is 0 Å². The Labute approximate surface area is 117 Å². The van der Waals surface area contributed by atoms with E-state index in [0.29, 0.717) is 11.8 Å². The molecule has 18 heavy (non-hydrogen) atoms. The van der Waals surface area contributed by atoms with Crippen LogP contribution in [0.5, 0.6) is 5.75 Å². The predicted octanol–water partition coefficient (Wildman–Crippen LogP) is 4.78. The van der Waals surface area contributed by atoms with E-state index in [1.807, 2.05) is 6.07 Å². The summed E-state index contributed by atoms with van der Waals surface area (Å²) in [6, 6.07) is 8.39. The number of hydrogen-bond acceptors (Lipinski definition) is 2. The highest BCUT2D eigenvalue weighted by Gasteiger charge is 2.23. The summed E-state index contributed by atoms with van der Waals surface area (Å²) in [5, 5.41) is 0. The minimum absolute atomic E-state index is 0.234. The lowest BCUT2D eigenvalue weighted by Crippen LogP contribution is -2.28. The molecule has 0 heterocycles. The second kappa shape index (κ2) is 6.51. The molecule has 1 aromatic rings. The van der Waals surface area contributed by atoms with Crippen molar-refractivity contribution in [2.45, 2.75) is 40.5 Å². The Kier molecular flexibility index (Phi) is 5.58. The van der Waals surface area contributed by atoms with Crippen molar-refractivity contribution in [3.05, 3.63) is 29.8 Å². The number of thiol groups is 1. The van der Waals surface area contributed by atoms with Crippen LogP contribution in [0.4, 0.5) is 0 Å². The van der Waals surface area contributed by atoms with Crippen molar-refractivity contribution in [3.8, 4) is 5.75 Å². The van der Waals surface area contributed by atoms with Gasteiger partial charge >= 0.3 is 0 Å². The molecule has 0 spiro atoms. The maximum atomic E-state index is 5.93. The van der Waals surface area contributed by atoms with Crippen LogP contribution in [-0.2, 0) is 0 Å². The fourth-order valence-electron chi connectivity index (χ4n) is 1.74. The molecule has 0 saturated heterocycles. The first kappa shape index (κ1) is 15.4. The van der Waals surface area contributed by atoms with Gasteiger partial charge in [0.1, 0.15) is 5.75 Å². The highest BCUT2D eigenvalue weighted by Crippen LogP contribution is 2.28. The molecule has 1 nitrogen and oxygen atoms in total. The van der Waals surface area contributed by atoms with E-state index in [1.54, 1.807) is 0 Å². The third kappa shape index (κ3) is 4.56. The molecule has 0 radical (unpaired) electrons. The molecule has 0 aliphatic carbocycles. The summed E-state index contributed by atoms with van der Waals surface area (Å²) in [6.45, 7) is 11.8. The van der Waals surface area contributed by atoms with Crippen LogP contribution >= 0.6 is 12.6 Å². The van der Waals surface area contributed by atoms with Gasteiger partial charge in [0, 0.05) is 5.92 Å². The zero-order chi connectivity index (χ0) is 13.8. The van der Waals surface area contributed by atoms with E-state index in [2.05, 4.69) is 65.4 Å². The molecular weight excluding hydrogens is 240 g/mol. The summed E-state index contributed by atoms with van der Waals surface area (Å²) in [6.07, 6.45) is 0. The lowest BCUT2D eigenvalue weighted by molar-refractivity contribution is 0.165. The average molecular weight is 266 g/mol. The third-order valence-electron chi connectivity index (χ3n) is 3.42. The fourth-order valence-corrected chi connectivity index (χ4v) is 2.39. The largest absolute Gasteiger partial charge is 0.493 e. The standard InChI is InChI=1S/C16H26OS/c1-12(2)13-7-6-8-15(9-13)17-10-14(11-18)16(3,4)5/h6-9,12,14,18H,10-11H2,1-5H3. The maximum absolute atomic E-state index is 5.93. The monoisotopic (exact) mass is 266 g/mol. The third-order valence-corrected chi connectivity index (χ3v) is 3.86. The molecule has 0 N–H and O–H groups in total. The van der Waals surface area contributed by atoms with Gasteiger partial charge in [-0.1, -0.05) is 46.8 Å². The Hall–Kier alpha value is -0.630. The van der Waals surface area contributed by atoms with Gasteiger partial charge in [-0.25, -0.2) is 0 Å². The smallest absolute Gasteiger partial charge is 0.119 e. The van der Waals surface area contributed by atoms with Gasteiger partial charge in [0.2, 0.25) is 0 Å². The van der Waals surface area contributed by atoms with E-state index in [4.69, 9.17) is 4.74 Å². The summed E-state index contributed by atoms with van der Waals surface area (Å²) in [5.74, 6) is 2.82. The second-order valence-corrected chi connectivity index (χ2v) is 6.65. The zero-order valence-corrected chi connectivity index (χ0v) is 13.1. The van der Waals surface area contributed by atoms with Crippen LogP contribution in [0.3, 0.4) is 0 Å². The van der Waals surface area contributed by atoms with E-state index in [1.165, 1.54) is 5.56 Å². The van der Waals surface area contributed by atoms with Crippen molar-refractivity contribution < 1.29 is 4.74 Å². The van der Waals surface area contributed by atoms with E-state index in [9.17, 15) is 0 Å². The number of benzene rings is 1. The Morgan fingerprint density at radius 3 is 2.39 bits per heavy atom. The van der Waals surface area contributed by atoms with Crippen LogP contribution in [0.1, 0.15) is 46.1 Å². The van der Waals surface area contributed by atoms with Gasteiger partial charge in [0.05, 0.1) is 6.61 Å². The van der Waals surface area contributed by atoms with E-state index in [0.717, 1.165) is 18.1 Å². The minimum Gasteiger partial charge on any atom is -0.493 e. The van der Waals surface area contributed by atoms with Gasteiger partial charge in [-0.15, -0.1) is 0 Å². The minimum atomic E-state index is 0.234. The predicted molar refractivity (Wildman–Crippen MR) is 82.8 cm³/mol. The maximum Gasteiger partial charge on any atom is 0.119 e. The summed E-state index contributed by atoms with van der Waals surface area (Å²) < 4.78 is 5.93. The molecule has 0 fully saturated rings. The molecule has 0 bridgehead atoms. The molecule has 0 aliphatic rings. The molecular formula is C16H26OS. The Morgan fingerprint density at radius 2 is 1.89 bits per heavy atom. The summed E-state index contributed by atoms with van der Waals surface area (Å²) in [4.78, 5) is 0. The van der Waals surface area contributed by atoms with Crippen molar-refractivity contribution >= 4 is 12.6 Å². The highest BCUT2D eigenvalue weighted by molar-refractivity contribution is 7.80. The van der Waals surface area contributed by atoms with E-state index >= 15 is 0 Å². The highest BCUT2D eigenvalue weighted by atomic mass is 32.1. The quantitative estimate of drug-likeness (QED) is 0.755. The van der Waals surface area contributed by atoms with Gasteiger partial charge in [-0.05, 0) is 34.8 Å². The molecule has 2 heteroatoms. The van der Waals surface area contributed by atoms with Crippen molar-refractivity contribution in [1.29, 1.82) is 0 Å². The summed E-state index contributed by atoms with van der Waals surface area (Å²) in [7, 11) is 0. The van der Waals surface area contributed by atoms with Crippen molar-refractivity contribution in [2.75, 3.05) is 12.4 Å². The molecule has 102 valence electrons. The molecule has 0 amide bonds. The van der Waals surface area contributed by atoms with Gasteiger partial charge in [0.15, 0.2) is 0 Å². The molecule has 1 unspecified atom stereocenters. The normalized spacial score (nSPS) is 13.7. The van der Waals surface area contributed by atoms with Crippen molar-refractivity contribution in [2.24, 2.45) is 11.3 Å².